The number of alkyl halides is 3. The smallest absolute Gasteiger partial charge is 0.422 e. The largest absolute Gasteiger partial charge is 0.480 e. The van der Waals surface area contributed by atoms with E-state index in [2.05, 4.69) is 9.72 Å². The molecule has 0 bridgehead atoms. The second-order valence-corrected chi connectivity index (χ2v) is 4.71. The van der Waals surface area contributed by atoms with E-state index in [0.717, 1.165) is 17.2 Å². The first-order valence-electron chi connectivity index (χ1n) is 6.55. The topological polar surface area (TPSA) is 89.0 Å². The number of hydrogen-bond acceptors (Lipinski definition) is 5. The number of carbonyl (C=O) groups excluding carboxylic acids is 1. The molecule has 1 saturated heterocycles. The summed E-state index contributed by atoms with van der Waals surface area (Å²) in [6, 6.07) is 1.17. The van der Waals surface area contributed by atoms with Crippen molar-refractivity contribution in [2.45, 2.75) is 12.2 Å². The number of nitrogens with zero attached hydrogens (tertiary/aromatic N) is 2. The van der Waals surface area contributed by atoms with Gasteiger partial charge in [0, 0.05) is 24.4 Å². The maximum Gasteiger partial charge on any atom is 0.422 e. The van der Waals surface area contributed by atoms with Gasteiger partial charge in [0.25, 0.3) is 5.91 Å². The van der Waals surface area contributed by atoms with Crippen molar-refractivity contribution in [1.82, 2.24) is 9.88 Å². The average Bonchev–Trinajstić information content (AvgIpc) is 2.52. The average molecular weight is 334 g/mol. The molecule has 0 aromatic carbocycles. The quantitative estimate of drug-likeness (QED) is 0.882. The highest BCUT2D eigenvalue weighted by Gasteiger charge is 2.33. The Morgan fingerprint density at radius 2 is 2.22 bits per heavy atom. The fraction of sp³-hybridized carbons (Fsp3) is 0.462. The van der Waals surface area contributed by atoms with Crippen molar-refractivity contribution in [3.63, 3.8) is 0 Å². The minimum atomic E-state index is -4.53. The van der Waals surface area contributed by atoms with Gasteiger partial charge in [0.1, 0.15) is 0 Å². The first-order valence-corrected chi connectivity index (χ1v) is 6.55. The molecule has 23 heavy (non-hydrogen) atoms. The monoisotopic (exact) mass is 334 g/mol. The number of carbonyl (C=O) groups is 2. The van der Waals surface area contributed by atoms with Crippen LogP contribution in [0.15, 0.2) is 18.3 Å². The Morgan fingerprint density at radius 3 is 2.87 bits per heavy atom. The van der Waals surface area contributed by atoms with E-state index < -0.39 is 30.7 Å². The van der Waals surface area contributed by atoms with E-state index in [4.69, 9.17) is 9.84 Å². The second-order valence-electron chi connectivity index (χ2n) is 4.71. The van der Waals surface area contributed by atoms with Crippen molar-refractivity contribution in [2.24, 2.45) is 0 Å². The van der Waals surface area contributed by atoms with Gasteiger partial charge in [0.15, 0.2) is 12.6 Å². The third-order valence-corrected chi connectivity index (χ3v) is 3.04. The van der Waals surface area contributed by atoms with E-state index in [9.17, 15) is 22.8 Å². The lowest BCUT2D eigenvalue weighted by Gasteiger charge is -2.32. The van der Waals surface area contributed by atoms with Crippen LogP contribution in [0.3, 0.4) is 0 Å². The van der Waals surface area contributed by atoms with E-state index in [0.29, 0.717) is 0 Å². The lowest BCUT2D eigenvalue weighted by molar-refractivity contribution is -0.154. The van der Waals surface area contributed by atoms with Gasteiger partial charge in [-0.05, 0) is 6.07 Å². The maximum atomic E-state index is 12.4. The number of halogens is 3. The summed E-state index contributed by atoms with van der Waals surface area (Å²) in [5.74, 6) is -2.23. The van der Waals surface area contributed by atoms with Gasteiger partial charge >= 0.3 is 12.1 Å². The summed E-state index contributed by atoms with van der Waals surface area (Å²) >= 11 is 0. The lowest BCUT2D eigenvalue weighted by Crippen LogP contribution is -2.52. The predicted molar refractivity (Wildman–Crippen MR) is 69.1 cm³/mol. The summed E-state index contributed by atoms with van der Waals surface area (Å²) in [6.45, 7) is -1.44. The van der Waals surface area contributed by atoms with Crippen LogP contribution in [-0.2, 0) is 9.53 Å². The summed E-state index contributed by atoms with van der Waals surface area (Å²) in [5.41, 5.74) is -0.00896. The molecule has 1 N–H and O–H groups in total. The Kier molecular flexibility index (Phi) is 5.04. The summed E-state index contributed by atoms with van der Waals surface area (Å²) in [6.07, 6.45) is -3.41. The highest BCUT2D eigenvalue weighted by atomic mass is 19.4. The second kappa shape index (κ2) is 6.82. The van der Waals surface area contributed by atoms with Crippen LogP contribution in [0.25, 0.3) is 0 Å². The van der Waals surface area contributed by atoms with Gasteiger partial charge in [-0.2, -0.15) is 13.2 Å². The van der Waals surface area contributed by atoms with Crippen molar-refractivity contribution >= 4 is 11.9 Å². The summed E-state index contributed by atoms with van der Waals surface area (Å²) in [5, 5.41) is 9.10. The van der Waals surface area contributed by atoms with Gasteiger partial charge in [0.2, 0.25) is 5.88 Å². The molecule has 1 aliphatic rings. The van der Waals surface area contributed by atoms with Crippen molar-refractivity contribution in [1.29, 1.82) is 0 Å². The number of ether oxygens (including phenoxy) is 2. The van der Waals surface area contributed by atoms with Crippen LogP contribution in [0, 0.1) is 0 Å². The minimum Gasteiger partial charge on any atom is -0.480 e. The molecule has 1 aromatic rings. The number of pyridine rings is 1. The van der Waals surface area contributed by atoms with Crippen molar-refractivity contribution in [3.05, 3.63) is 23.9 Å². The molecule has 126 valence electrons. The van der Waals surface area contributed by atoms with Gasteiger partial charge in [-0.3, -0.25) is 4.79 Å². The predicted octanol–water partition coefficient (Wildman–Crippen LogP) is 0.948. The number of morpholine rings is 1. The van der Waals surface area contributed by atoms with Gasteiger partial charge in [-0.15, -0.1) is 0 Å². The number of rotatable bonds is 4. The first kappa shape index (κ1) is 17.0. The number of aliphatic carboxylic acids is 1. The molecule has 0 saturated carbocycles. The van der Waals surface area contributed by atoms with Gasteiger partial charge in [-0.25, -0.2) is 9.78 Å². The molecule has 0 unspecified atom stereocenters. The van der Waals surface area contributed by atoms with Crippen LogP contribution in [0.5, 0.6) is 5.88 Å². The molecular formula is C13H13F3N2O5. The third-order valence-electron chi connectivity index (χ3n) is 3.04. The van der Waals surface area contributed by atoms with Crippen LogP contribution in [0.1, 0.15) is 10.4 Å². The molecule has 2 heterocycles. The third kappa shape index (κ3) is 4.55. The molecule has 1 aliphatic heterocycles. The minimum absolute atomic E-state index is 0.00896. The molecule has 0 radical (unpaired) electrons. The summed E-state index contributed by atoms with van der Waals surface area (Å²) < 4.78 is 45.9. The Labute approximate surface area is 128 Å². The zero-order chi connectivity index (χ0) is 17.0. The normalized spacial score (nSPS) is 18.6. The Bertz CT molecular complexity index is 593. The number of hydrogen-bond donors (Lipinski definition) is 1. The van der Waals surface area contributed by atoms with Crippen molar-refractivity contribution < 1.29 is 37.3 Å². The lowest BCUT2D eigenvalue weighted by atomic mass is 10.1. The van der Waals surface area contributed by atoms with E-state index in [1.54, 1.807) is 0 Å². The zero-order valence-corrected chi connectivity index (χ0v) is 11.7. The van der Waals surface area contributed by atoms with Crippen LogP contribution in [0.2, 0.25) is 0 Å². The Hall–Kier alpha value is -2.36. The molecule has 1 amide bonds. The molecular weight excluding hydrogens is 321 g/mol. The van der Waals surface area contributed by atoms with E-state index >= 15 is 0 Å². The highest BCUT2D eigenvalue weighted by Crippen LogP contribution is 2.19. The fourth-order valence-corrected chi connectivity index (χ4v) is 1.99. The first-order chi connectivity index (χ1) is 10.8. The Morgan fingerprint density at radius 1 is 1.48 bits per heavy atom. The molecule has 1 atom stereocenters. The number of amides is 1. The van der Waals surface area contributed by atoms with E-state index in [1.807, 2.05) is 0 Å². The molecule has 0 spiro atoms. The number of carboxylic acid groups (broad SMARTS) is 1. The SMILES string of the molecule is O=C(O)[C@H]1COCCN1C(=O)c1ccnc(OCC(F)(F)F)c1. The Balaban J connectivity index is 2.14. The van der Waals surface area contributed by atoms with Crippen molar-refractivity contribution in [3.8, 4) is 5.88 Å². The van der Waals surface area contributed by atoms with Crippen molar-refractivity contribution in [2.75, 3.05) is 26.4 Å². The number of aromatic nitrogens is 1. The van der Waals surface area contributed by atoms with Crippen LogP contribution in [-0.4, -0.2) is 65.5 Å². The number of carboxylic acids is 1. The van der Waals surface area contributed by atoms with Crippen LogP contribution in [0.4, 0.5) is 13.2 Å². The van der Waals surface area contributed by atoms with Gasteiger partial charge in [-0.1, -0.05) is 0 Å². The molecule has 1 fully saturated rings. The maximum absolute atomic E-state index is 12.4. The highest BCUT2D eigenvalue weighted by molar-refractivity contribution is 5.96. The standard InChI is InChI=1S/C13H13F3N2O5/c14-13(15,16)7-23-10-5-8(1-2-17-10)11(19)18-3-4-22-6-9(18)12(20)21/h1-2,5,9H,3-4,6-7H2,(H,20,21)/t9-/m1/s1. The summed E-state index contributed by atoms with van der Waals surface area (Å²) in [4.78, 5) is 28.2. The van der Waals surface area contributed by atoms with E-state index in [-0.39, 0.29) is 31.2 Å². The van der Waals surface area contributed by atoms with Gasteiger partial charge in [0.05, 0.1) is 13.2 Å². The fourth-order valence-electron chi connectivity index (χ4n) is 1.99. The van der Waals surface area contributed by atoms with Crippen LogP contribution >= 0.6 is 0 Å². The van der Waals surface area contributed by atoms with Gasteiger partial charge < -0.3 is 19.5 Å². The molecule has 0 aliphatic carbocycles. The molecule has 7 nitrogen and oxygen atoms in total. The molecule has 2 rings (SSSR count). The molecule has 10 heteroatoms. The molecule has 1 aromatic heterocycles. The van der Waals surface area contributed by atoms with E-state index in [1.165, 1.54) is 6.07 Å². The summed E-state index contributed by atoms with van der Waals surface area (Å²) in [7, 11) is 0. The zero-order valence-electron chi connectivity index (χ0n) is 11.7. The van der Waals surface area contributed by atoms with Crippen LogP contribution < -0.4 is 4.74 Å².